The standard InChI is InChI=1S/C24H36O4/c1-15-4-7-19-18-6-5-16-14-17(28-22(27)9-8-21(25)26)10-12-24(16,3)20(18)11-13-23(15,19)2/h16-20H,1,4-14H2,2-3H3,(H,25,26)/t16-,17-,18+,19+,20+,23-,24+/m1/s1. The highest BCUT2D eigenvalue weighted by Crippen LogP contribution is 2.67. The number of hydrogen-bond acceptors (Lipinski definition) is 3. The molecule has 1 N–H and O–H groups in total. The molecule has 156 valence electrons. The molecule has 0 aromatic heterocycles. The number of allylic oxidation sites excluding steroid dienone is 1. The van der Waals surface area contributed by atoms with Gasteiger partial charge in [-0.25, -0.2) is 0 Å². The van der Waals surface area contributed by atoms with Crippen molar-refractivity contribution in [3.63, 3.8) is 0 Å². The number of hydrogen-bond donors (Lipinski definition) is 1. The van der Waals surface area contributed by atoms with Gasteiger partial charge in [-0.2, -0.15) is 0 Å². The fraction of sp³-hybridized carbons (Fsp3) is 0.833. The molecular weight excluding hydrogens is 352 g/mol. The Morgan fingerprint density at radius 3 is 2.61 bits per heavy atom. The highest BCUT2D eigenvalue weighted by Gasteiger charge is 2.58. The van der Waals surface area contributed by atoms with E-state index in [2.05, 4.69) is 20.4 Å². The van der Waals surface area contributed by atoms with E-state index in [4.69, 9.17) is 9.84 Å². The molecule has 0 aromatic rings. The molecule has 0 heterocycles. The third kappa shape index (κ3) is 3.21. The van der Waals surface area contributed by atoms with Crippen molar-refractivity contribution in [3.05, 3.63) is 12.2 Å². The summed E-state index contributed by atoms with van der Waals surface area (Å²) >= 11 is 0. The third-order valence-corrected chi connectivity index (χ3v) is 9.41. The number of carbonyl (C=O) groups is 2. The number of fused-ring (bicyclic) bond motifs is 5. The van der Waals surface area contributed by atoms with Gasteiger partial charge in [0.1, 0.15) is 6.10 Å². The van der Waals surface area contributed by atoms with Gasteiger partial charge >= 0.3 is 11.9 Å². The molecular formula is C24H36O4. The van der Waals surface area contributed by atoms with Crippen LogP contribution < -0.4 is 0 Å². The van der Waals surface area contributed by atoms with E-state index >= 15 is 0 Å². The molecule has 7 atom stereocenters. The molecule has 0 saturated heterocycles. The van der Waals surface area contributed by atoms with Gasteiger partial charge in [-0.15, -0.1) is 0 Å². The number of rotatable bonds is 4. The first kappa shape index (κ1) is 20.0. The Balaban J connectivity index is 1.41. The van der Waals surface area contributed by atoms with Gasteiger partial charge in [0.25, 0.3) is 0 Å². The molecule has 4 rings (SSSR count). The van der Waals surface area contributed by atoms with E-state index < -0.39 is 5.97 Å². The van der Waals surface area contributed by atoms with Crippen molar-refractivity contribution in [3.8, 4) is 0 Å². The van der Waals surface area contributed by atoms with Crippen molar-refractivity contribution in [1.82, 2.24) is 0 Å². The monoisotopic (exact) mass is 388 g/mol. The van der Waals surface area contributed by atoms with E-state index in [1.54, 1.807) is 0 Å². The number of carboxylic acid groups (broad SMARTS) is 1. The highest BCUT2D eigenvalue weighted by molar-refractivity contribution is 5.76. The Morgan fingerprint density at radius 2 is 1.86 bits per heavy atom. The van der Waals surface area contributed by atoms with Crippen molar-refractivity contribution in [2.45, 2.75) is 90.6 Å². The van der Waals surface area contributed by atoms with Crippen LogP contribution in [0.2, 0.25) is 0 Å². The van der Waals surface area contributed by atoms with E-state index in [9.17, 15) is 9.59 Å². The molecule has 28 heavy (non-hydrogen) atoms. The summed E-state index contributed by atoms with van der Waals surface area (Å²) in [5, 5.41) is 8.75. The molecule has 4 saturated carbocycles. The average molecular weight is 389 g/mol. The van der Waals surface area contributed by atoms with Crippen molar-refractivity contribution in [2.24, 2.45) is 34.5 Å². The first-order chi connectivity index (χ1) is 13.2. The van der Waals surface area contributed by atoms with Crippen LogP contribution in [0.5, 0.6) is 0 Å². The second-order valence-corrected chi connectivity index (χ2v) is 10.5. The molecule has 4 fully saturated rings. The topological polar surface area (TPSA) is 63.6 Å². The second kappa shape index (κ2) is 7.18. The smallest absolute Gasteiger partial charge is 0.306 e. The molecule has 4 nitrogen and oxygen atoms in total. The fourth-order valence-electron chi connectivity index (χ4n) is 7.69. The van der Waals surface area contributed by atoms with Crippen LogP contribution in [-0.2, 0) is 14.3 Å². The molecule has 0 aliphatic heterocycles. The summed E-state index contributed by atoms with van der Waals surface area (Å²) in [6.07, 6.45) is 10.6. The zero-order valence-corrected chi connectivity index (χ0v) is 17.5. The minimum atomic E-state index is -0.939. The van der Waals surface area contributed by atoms with E-state index in [0.717, 1.165) is 37.0 Å². The molecule has 4 heteroatoms. The van der Waals surface area contributed by atoms with E-state index in [-0.39, 0.29) is 24.9 Å². The summed E-state index contributed by atoms with van der Waals surface area (Å²) in [5.74, 6) is 1.82. The van der Waals surface area contributed by atoms with Crippen LogP contribution in [0, 0.1) is 34.5 Å². The molecule has 0 unspecified atom stereocenters. The minimum Gasteiger partial charge on any atom is -0.481 e. The number of aliphatic carboxylic acids is 1. The molecule has 0 bridgehead atoms. The Kier molecular flexibility index (Phi) is 5.12. The lowest BCUT2D eigenvalue weighted by molar-refractivity contribution is -0.162. The predicted molar refractivity (Wildman–Crippen MR) is 108 cm³/mol. The Morgan fingerprint density at radius 1 is 1.07 bits per heavy atom. The zero-order valence-electron chi connectivity index (χ0n) is 17.5. The Hall–Kier alpha value is -1.32. The molecule has 0 amide bonds. The van der Waals surface area contributed by atoms with E-state index in [1.165, 1.54) is 44.1 Å². The van der Waals surface area contributed by atoms with Gasteiger partial charge in [-0.05, 0) is 92.3 Å². The summed E-state index contributed by atoms with van der Waals surface area (Å²) < 4.78 is 5.66. The SMILES string of the molecule is C=C1CC[C@H]2[C@@H]3CC[C@@H]4C[C@H](OC(=O)CCC(=O)O)CC[C@]4(C)[C@H]3CC[C@]12C. The van der Waals surface area contributed by atoms with E-state index in [0.29, 0.717) is 16.7 Å². The lowest BCUT2D eigenvalue weighted by Gasteiger charge is -2.60. The molecule has 0 aromatic carbocycles. The van der Waals surface area contributed by atoms with Gasteiger partial charge in [0.2, 0.25) is 0 Å². The zero-order chi connectivity index (χ0) is 20.1. The maximum atomic E-state index is 12.0. The lowest BCUT2D eigenvalue weighted by atomic mass is 9.45. The maximum absolute atomic E-state index is 12.0. The summed E-state index contributed by atoms with van der Waals surface area (Å²) in [6, 6.07) is 0. The van der Waals surface area contributed by atoms with Crippen LogP contribution in [0.1, 0.15) is 84.5 Å². The summed E-state index contributed by atoms with van der Waals surface area (Å²) in [6.45, 7) is 9.42. The van der Waals surface area contributed by atoms with Crippen LogP contribution in [-0.4, -0.2) is 23.1 Å². The van der Waals surface area contributed by atoms with Gasteiger partial charge in [0.15, 0.2) is 0 Å². The number of carbonyl (C=O) groups excluding carboxylic acids is 1. The molecule has 0 spiro atoms. The molecule has 4 aliphatic rings. The van der Waals surface area contributed by atoms with Crippen LogP contribution in [0.15, 0.2) is 12.2 Å². The molecule has 4 aliphatic carbocycles. The van der Waals surface area contributed by atoms with Crippen molar-refractivity contribution < 1.29 is 19.4 Å². The van der Waals surface area contributed by atoms with Gasteiger partial charge in [-0.3, -0.25) is 9.59 Å². The number of ether oxygens (including phenoxy) is 1. The molecule has 0 radical (unpaired) electrons. The summed E-state index contributed by atoms with van der Waals surface area (Å²) in [5.41, 5.74) is 2.25. The number of carboxylic acids is 1. The Labute approximate surface area is 169 Å². The van der Waals surface area contributed by atoms with E-state index in [1.807, 2.05) is 0 Å². The lowest BCUT2D eigenvalue weighted by Crippen LogP contribution is -2.53. The quantitative estimate of drug-likeness (QED) is 0.520. The third-order valence-electron chi connectivity index (χ3n) is 9.41. The second-order valence-electron chi connectivity index (χ2n) is 10.5. The van der Waals surface area contributed by atoms with Crippen LogP contribution in [0.25, 0.3) is 0 Å². The fourth-order valence-corrected chi connectivity index (χ4v) is 7.69. The largest absolute Gasteiger partial charge is 0.481 e. The summed E-state index contributed by atoms with van der Waals surface area (Å²) in [7, 11) is 0. The van der Waals surface area contributed by atoms with Crippen molar-refractivity contribution in [1.29, 1.82) is 0 Å². The number of esters is 1. The highest BCUT2D eigenvalue weighted by atomic mass is 16.5. The van der Waals surface area contributed by atoms with Gasteiger partial charge in [0, 0.05) is 0 Å². The van der Waals surface area contributed by atoms with Crippen molar-refractivity contribution in [2.75, 3.05) is 0 Å². The first-order valence-corrected chi connectivity index (χ1v) is 11.3. The maximum Gasteiger partial charge on any atom is 0.306 e. The minimum absolute atomic E-state index is 0.0113. The van der Waals surface area contributed by atoms with Crippen molar-refractivity contribution >= 4 is 11.9 Å². The summed E-state index contributed by atoms with van der Waals surface area (Å²) in [4.78, 5) is 22.6. The van der Waals surface area contributed by atoms with Gasteiger partial charge < -0.3 is 9.84 Å². The normalized spacial score (nSPS) is 44.9. The average Bonchev–Trinajstić information content (AvgIpc) is 2.95. The first-order valence-electron chi connectivity index (χ1n) is 11.3. The van der Waals surface area contributed by atoms with Crippen LogP contribution in [0.3, 0.4) is 0 Å². The predicted octanol–water partition coefficient (Wildman–Crippen LogP) is 5.36. The van der Waals surface area contributed by atoms with Gasteiger partial charge in [0.05, 0.1) is 12.8 Å². The van der Waals surface area contributed by atoms with Gasteiger partial charge in [-0.1, -0.05) is 26.0 Å². The Bertz CT molecular complexity index is 670. The van der Waals surface area contributed by atoms with Crippen LogP contribution in [0.4, 0.5) is 0 Å². The van der Waals surface area contributed by atoms with Crippen LogP contribution >= 0.6 is 0 Å².